The maximum absolute atomic E-state index is 14.1. The smallest absolute Gasteiger partial charge is 0.123 e. The molecule has 2 heterocycles. The van der Waals surface area contributed by atoms with Gasteiger partial charge in [0.25, 0.3) is 0 Å². The van der Waals surface area contributed by atoms with Crippen LogP contribution in [0.1, 0.15) is 61.8 Å². The van der Waals surface area contributed by atoms with Crippen LogP contribution in [0.15, 0.2) is 94.9 Å². The fraction of sp³-hybridized carbons (Fsp3) is 0.273. The van der Waals surface area contributed by atoms with E-state index in [-0.39, 0.29) is 11.6 Å². The summed E-state index contributed by atoms with van der Waals surface area (Å²) in [6.07, 6.45) is 4.16. The Balaban J connectivity index is 1.77. The highest BCUT2D eigenvalue weighted by atomic mass is 19.1. The van der Waals surface area contributed by atoms with E-state index >= 15 is 0 Å². The first-order valence-corrected chi connectivity index (χ1v) is 17.8. The van der Waals surface area contributed by atoms with E-state index in [2.05, 4.69) is 87.1 Å². The maximum atomic E-state index is 14.1. The first-order valence-electron chi connectivity index (χ1n) is 17.8. The van der Waals surface area contributed by atoms with Crippen molar-refractivity contribution in [2.75, 3.05) is 0 Å². The zero-order valence-electron chi connectivity index (χ0n) is 29.9. The summed E-state index contributed by atoms with van der Waals surface area (Å²) in [4.78, 5) is 10.6. The van der Waals surface area contributed by atoms with Crippen molar-refractivity contribution in [1.29, 1.82) is 0 Å². The van der Waals surface area contributed by atoms with Crippen LogP contribution in [0.25, 0.3) is 43.6 Å². The molecule has 0 aliphatic rings. The third kappa shape index (κ3) is 6.12. The summed E-state index contributed by atoms with van der Waals surface area (Å²) < 4.78 is 33.0. The van der Waals surface area contributed by atoms with Crippen LogP contribution in [-0.4, -0.2) is 9.13 Å². The van der Waals surface area contributed by atoms with Crippen molar-refractivity contribution >= 4 is 55.0 Å². The van der Waals surface area contributed by atoms with Gasteiger partial charge in [-0.05, 0) is 136 Å². The molecule has 50 heavy (non-hydrogen) atoms. The molecule has 7 aromatic rings. The van der Waals surface area contributed by atoms with Gasteiger partial charge in [0, 0.05) is 34.6 Å². The molecule has 7 rings (SSSR count). The molecule has 6 heteroatoms. The number of hydrogen-bond donors (Lipinski definition) is 0. The Morgan fingerprint density at radius 3 is 1.24 bits per heavy atom. The second-order valence-corrected chi connectivity index (χ2v) is 13.7. The van der Waals surface area contributed by atoms with Gasteiger partial charge < -0.3 is 9.13 Å². The van der Waals surface area contributed by atoms with E-state index in [9.17, 15) is 8.78 Å². The van der Waals surface area contributed by atoms with Crippen LogP contribution in [0.2, 0.25) is 0 Å². The molecule has 0 aliphatic heterocycles. The molecule has 0 aliphatic carbocycles. The largest absolute Gasteiger partial charge is 0.340 e. The van der Waals surface area contributed by atoms with Gasteiger partial charge in [-0.3, -0.25) is 0 Å². The van der Waals surface area contributed by atoms with E-state index in [0.29, 0.717) is 11.4 Å². The second-order valence-electron chi connectivity index (χ2n) is 13.7. The summed E-state index contributed by atoms with van der Waals surface area (Å²) in [5.41, 5.74) is 10.5. The Labute approximate surface area is 292 Å². The van der Waals surface area contributed by atoms with Gasteiger partial charge in [0.15, 0.2) is 0 Å². The number of fused-ring (bicyclic) bond motifs is 4. The van der Waals surface area contributed by atoms with E-state index in [1.165, 1.54) is 35.4 Å². The van der Waals surface area contributed by atoms with Crippen LogP contribution in [-0.2, 0) is 13.1 Å². The topological polar surface area (TPSA) is 34.6 Å². The number of nitrogens with zero attached hydrogens (tertiary/aromatic N) is 4. The monoisotopic (exact) mass is 666 g/mol. The Kier molecular flexibility index (Phi) is 9.13. The van der Waals surface area contributed by atoms with Crippen molar-refractivity contribution in [2.24, 2.45) is 9.98 Å². The Morgan fingerprint density at radius 1 is 0.500 bits per heavy atom. The number of hydrogen-bond acceptors (Lipinski definition) is 2. The SMILES string of the molecule is CCCCn1c2cc3c(=Nc4ccc(F)cc4)c4c(C)cc(C)cc4n(CCCC)c3cc2c(=Nc2ccc(F)cc2)c2c(C)cc(C)cc21. The lowest BCUT2D eigenvalue weighted by Gasteiger charge is -2.22. The number of halogens is 2. The Hall–Kier alpha value is -5.10. The molecular formula is C44H44F2N4. The summed E-state index contributed by atoms with van der Waals surface area (Å²) >= 11 is 0. The van der Waals surface area contributed by atoms with Gasteiger partial charge in [-0.2, -0.15) is 0 Å². The van der Waals surface area contributed by atoms with Crippen molar-refractivity contribution in [1.82, 2.24) is 9.13 Å². The highest BCUT2D eigenvalue weighted by molar-refractivity contribution is 6.05. The molecule has 0 saturated heterocycles. The summed E-state index contributed by atoms with van der Waals surface area (Å²) in [6.45, 7) is 14.8. The van der Waals surface area contributed by atoms with Crippen molar-refractivity contribution in [3.05, 3.63) is 130 Å². The predicted molar refractivity (Wildman–Crippen MR) is 204 cm³/mol. The summed E-state index contributed by atoms with van der Waals surface area (Å²) in [5.74, 6) is -0.567. The molecule has 2 aromatic heterocycles. The van der Waals surface area contributed by atoms with E-state index in [1.54, 1.807) is 24.3 Å². The van der Waals surface area contributed by atoms with Gasteiger partial charge in [-0.1, -0.05) is 38.8 Å². The molecule has 254 valence electrons. The van der Waals surface area contributed by atoms with Crippen molar-refractivity contribution in [2.45, 2.75) is 80.3 Å². The molecular weight excluding hydrogens is 623 g/mol. The van der Waals surface area contributed by atoms with Crippen LogP contribution in [0.5, 0.6) is 0 Å². The van der Waals surface area contributed by atoms with Crippen LogP contribution in [0, 0.1) is 39.3 Å². The van der Waals surface area contributed by atoms with E-state index < -0.39 is 0 Å². The van der Waals surface area contributed by atoms with Gasteiger partial charge in [-0.25, -0.2) is 18.8 Å². The number of aryl methyl sites for hydroxylation is 6. The van der Waals surface area contributed by atoms with E-state index in [0.717, 1.165) is 104 Å². The standard InChI is InChI=1S/C44H44F2N4/c1-7-9-19-49-37-25-36-38(26-35(37)43(47-33-15-11-31(45)12-16-33)41-29(5)21-27(3)23-39(41)49)50(20-10-8-2)40-24-28(4)22-30(6)42(40)44(36)48-34-17-13-32(46)14-18-34/h11-18,21-26H,7-10,19-20H2,1-6H3. The molecule has 5 aromatic carbocycles. The molecule has 0 unspecified atom stereocenters. The molecule has 0 saturated carbocycles. The summed E-state index contributed by atoms with van der Waals surface area (Å²) in [6, 6.07) is 26.5. The zero-order valence-corrected chi connectivity index (χ0v) is 29.9. The molecule has 0 N–H and O–H groups in total. The van der Waals surface area contributed by atoms with E-state index in [1.807, 2.05) is 0 Å². The minimum atomic E-state index is -0.284. The van der Waals surface area contributed by atoms with Crippen LogP contribution in [0.4, 0.5) is 20.2 Å². The lowest BCUT2D eigenvalue weighted by Crippen LogP contribution is -2.18. The molecule has 0 amide bonds. The quantitative estimate of drug-likeness (QED) is 0.145. The minimum Gasteiger partial charge on any atom is -0.340 e. The Morgan fingerprint density at radius 2 is 0.880 bits per heavy atom. The summed E-state index contributed by atoms with van der Waals surface area (Å²) in [7, 11) is 0. The molecule has 4 nitrogen and oxygen atoms in total. The summed E-state index contributed by atoms with van der Waals surface area (Å²) in [5, 5.41) is 6.05. The highest BCUT2D eigenvalue weighted by Crippen LogP contribution is 2.31. The zero-order chi connectivity index (χ0) is 35.1. The van der Waals surface area contributed by atoms with Crippen molar-refractivity contribution in [3.63, 3.8) is 0 Å². The van der Waals surface area contributed by atoms with Gasteiger partial charge >= 0.3 is 0 Å². The number of rotatable bonds is 8. The van der Waals surface area contributed by atoms with E-state index in [4.69, 9.17) is 9.98 Å². The van der Waals surface area contributed by atoms with Gasteiger partial charge in [0.2, 0.25) is 0 Å². The van der Waals surface area contributed by atoms with Gasteiger partial charge in [0.1, 0.15) is 11.6 Å². The Bertz CT molecular complexity index is 2380. The fourth-order valence-corrected chi connectivity index (χ4v) is 7.50. The lowest BCUT2D eigenvalue weighted by atomic mass is 9.98. The predicted octanol–water partition coefficient (Wildman–Crippen LogP) is 11.5. The normalized spacial score (nSPS) is 12.7. The molecule has 0 fully saturated rings. The number of benzene rings is 5. The lowest BCUT2D eigenvalue weighted by molar-refractivity contribution is 0.627. The van der Waals surface area contributed by atoms with Crippen molar-refractivity contribution < 1.29 is 8.78 Å². The minimum absolute atomic E-state index is 0.284. The first-order chi connectivity index (χ1) is 24.2. The molecule has 0 atom stereocenters. The highest BCUT2D eigenvalue weighted by Gasteiger charge is 2.18. The maximum Gasteiger partial charge on any atom is 0.123 e. The van der Waals surface area contributed by atoms with Crippen LogP contribution < -0.4 is 10.7 Å². The first kappa shape index (κ1) is 33.4. The van der Waals surface area contributed by atoms with Crippen LogP contribution in [0.3, 0.4) is 0 Å². The molecule has 0 bridgehead atoms. The number of pyridine rings is 2. The molecule has 0 spiro atoms. The second kappa shape index (κ2) is 13.7. The molecule has 0 radical (unpaired) electrons. The van der Waals surface area contributed by atoms with Gasteiger partial charge in [-0.15, -0.1) is 0 Å². The number of aromatic nitrogens is 2. The van der Waals surface area contributed by atoms with Crippen LogP contribution >= 0.6 is 0 Å². The number of unbranched alkanes of at least 4 members (excludes halogenated alkanes) is 2. The average Bonchev–Trinajstić information content (AvgIpc) is 3.08. The van der Waals surface area contributed by atoms with Crippen molar-refractivity contribution in [3.8, 4) is 0 Å². The third-order valence-electron chi connectivity index (χ3n) is 9.78. The fourth-order valence-electron chi connectivity index (χ4n) is 7.50. The third-order valence-corrected chi connectivity index (χ3v) is 9.78. The van der Waals surface area contributed by atoms with Gasteiger partial charge in [0.05, 0.1) is 44.2 Å². The average molecular weight is 667 g/mol.